The number of carbonyl (C=O) groups excluding carboxylic acids is 2. The number of alkyl carbamates (subject to hydrolysis) is 1. The minimum atomic E-state index is -1.11. The van der Waals surface area contributed by atoms with Gasteiger partial charge in [0.1, 0.15) is 18.8 Å². The molecule has 1 aromatic rings. The SMILES string of the molecule is Cl.N#C[C@@H]1C[C@H](F)CN1C(=O)CCCCCNC(=O)OCc1ccccc1N. The molecule has 0 radical (unpaired) electrons. The highest BCUT2D eigenvalue weighted by Crippen LogP contribution is 2.21. The zero-order chi connectivity index (χ0) is 19.6. The summed E-state index contributed by atoms with van der Waals surface area (Å²) in [5.41, 5.74) is 7.10. The fourth-order valence-electron chi connectivity index (χ4n) is 2.95. The average Bonchev–Trinajstić information content (AvgIpc) is 3.04. The first-order valence-corrected chi connectivity index (χ1v) is 9.08. The van der Waals surface area contributed by atoms with Crippen LogP contribution in [0.3, 0.4) is 0 Å². The van der Waals surface area contributed by atoms with Gasteiger partial charge in [0.2, 0.25) is 5.91 Å². The molecule has 0 bridgehead atoms. The van der Waals surface area contributed by atoms with Crippen LogP contribution in [0.2, 0.25) is 0 Å². The number of rotatable bonds is 8. The fourth-order valence-corrected chi connectivity index (χ4v) is 2.95. The number of hydrogen-bond acceptors (Lipinski definition) is 5. The Morgan fingerprint density at radius 2 is 2.07 bits per heavy atom. The molecule has 7 nitrogen and oxygen atoms in total. The van der Waals surface area contributed by atoms with E-state index in [1.807, 2.05) is 18.2 Å². The third-order valence-corrected chi connectivity index (χ3v) is 4.47. The van der Waals surface area contributed by atoms with E-state index in [0.717, 1.165) is 12.0 Å². The van der Waals surface area contributed by atoms with Crippen LogP contribution < -0.4 is 11.1 Å². The van der Waals surface area contributed by atoms with E-state index in [1.54, 1.807) is 12.1 Å². The Morgan fingerprint density at radius 1 is 1.32 bits per heavy atom. The average molecular weight is 413 g/mol. The minimum absolute atomic E-state index is 0. The van der Waals surface area contributed by atoms with E-state index in [9.17, 15) is 14.0 Å². The number of hydrogen-bond donors (Lipinski definition) is 2. The molecule has 0 aromatic heterocycles. The van der Waals surface area contributed by atoms with Gasteiger partial charge in [0.05, 0.1) is 12.6 Å². The molecule has 1 aliphatic rings. The minimum Gasteiger partial charge on any atom is -0.445 e. The molecule has 1 aromatic carbocycles. The Kier molecular flexibility index (Phi) is 10.1. The highest BCUT2D eigenvalue weighted by atomic mass is 35.5. The van der Waals surface area contributed by atoms with Gasteiger partial charge >= 0.3 is 6.09 Å². The molecule has 1 heterocycles. The third kappa shape index (κ3) is 7.24. The Balaban J connectivity index is 0.00000392. The zero-order valence-electron chi connectivity index (χ0n) is 15.6. The van der Waals surface area contributed by atoms with Gasteiger partial charge in [0.15, 0.2) is 0 Å². The third-order valence-electron chi connectivity index (χ3n) is 4.47. The molecule has 0 saturated carbocycles. The molecule has 2 atom stereocenters. The summed E-state index contributed by atoms with van der Waals surface area (Å²) in [5.74, 6) is -0.186. The Morgan fingerprint density at radius 3 is 2.79 bits per heavy atom. The molecule has 1 fully saturated rings. The van der Waals surface area contributed by atoms with Crippen molar-refractivity contribution < 1.29 is 18.7 Å². The number of nitrogen functional groups attached to an aromatic ring is 1. The number of amides is 2. The summed E-state index contributed by atoms with van der Waals surface area (Å²) >= 11 is 0. The van der Waals surface area contributed by atoms with Crippen molar-refractivity contribution >= 4 is 30.1 Å². The monoisotopic (exact) mass is 412 g/mol. The Hall–Kier alpha value is -2.53. The predicted molar refractivity (Wildman–Crippen MR) is 105 cm³/mol. The maximum Gasteiger partial charge on any atom is 0.407 e. The van der Waals surface area contributed by atoms with Crippen LogP contribution in [-0.2, 0) is 16.1 Å². The smallest absolute Gasteiger partial charge is 0.407 e. The van der Waals surface area contributed by atoms with E-state index in [1.165, 1.54) is 4.90 Å². The first kappa shape index (κ1) is 23.5. The van der Waals surface area contributed by atoms with Crippen LogP contribution in [0.15, 0.2) is 24.3 Å². The van der Waals surface area contributed by atoms with Gasteiger partial charge in [-0.15, -0.1) is 12.4 Å². The molecule has 1 saturated heterocycles. The normalized spacial score (nSPS) is 18.1. The molecule has 154 valence electrons. The lowest BCUT2D eigenvalue weighted by Gasteiger charge is -2.18. The van der Waals surface area contributed by atoms with Crippen LogP contribution in [0.5, 0.6) is 0 Å². The van der Waals surface area contributed by atoms with Crippen molar-refractivity contribution in [3.63, 3.8) is 0 Å². The van der Waals surface area contributed by atoms with Gasteiger partial charge in [0.25, 0.3) is 0 Å². The zero-order valence-corrected chi connectivity index (χ0v) is 16.4. The van der Waals surface area contributed by atoms with Gasteiger partial charge in [0, 0.05) is 30.6 Å². The van der Waals surface area contributed by atoms with Crippen LogP contribution in [0, 0.1) is 11.3 Å². The maximum absolute atomic E-state index is 13.3. The number of nitriles is 1. The van der Waals surface area contributed by atoms with Crippen molar-refractivity contribution in [2.75, 3.05) is 18.8 Å². The van der Waals surface area contributed by atoms with Crippen LogP contribution in [-0.4, -0.2) is 42.2 Å². The van der Waals surface area contributed by atoms with Crippen LogP contribution >= 0.6 is 12.4 Å². The van der Waals surface area contributed by atoms with Crippen molar-refractivity contribution in [1.29, 1.82) is 5.26 Å². The van der Waals surface area contributed by atoms with Gasteiger partial charge in [-0.1, -0.05) is 24.6 Å². The maximum atomic E-state index is 13.3. The van der Waals surface area contributed by atoms with E-state index >= 15 is 0 Å². The number of ether oxygens (including phenoxy) is 1. The lowest BCUT2D eigenvalue weighted by molar-refractivity contribution is -0.131. The molecule has 9 heteroatoms. The largest absolute Gasteiger partial charge is 0.445 e. The summed E-state index contributed by atoms with van der Waals surface area (Å²) in [4.78, 5) is 25.0. The van der Waals surface area contributed by atoms with Gasteiger partial charge < -0.3 is 20.7 Å². The number of para-hydroxylation sites is 1. The number of benzene rings is 1. The summed E-state index contributed by atoms with van der Waals surface area (Å²) in [6, 6.07) is 8.49. The van der Waals surface area contributed by atoms with E-state index < -0.39 is 18.3 Å². The topological polar surface area (TPSA) is 108 Å². The van der Waals surface area contributed by atoms with Crippen molar-refractivity contribution in [3.05, 3.63) is 29.8 Å². The highest BCUT2D eigenvalue weighted by Gasteiger charge is 2.34. The quantitative estimate of drug-likeness (QED) is 0.504. The fraction of sp³-hybridized carbons (Fsp3) is 0.526. The Bertz CT molecular complexity index is 698. The molecule has 0 aliphatic carbocycles. The summed E-state index contributed by atoms with van der Waals surface area (Å²) < 4.78 is 18.4. The van der Waals surface area contributed by atoms with Crippen LogP contribution in [0.25, 0.3) is 0 Å². The molecule has 28 heavy (non-hydrogen) atoms. The molecule has 3 N–H and O–H groups in total. The van der Waals surface area contributed by atoms with E-state index in [0.29, 0.717) is 25.1 Å². The van der Waals surface area contributed by atoms with Gasteiger partial charge in [-0.25, -0.2) is 9.18 Å². The first-order chi connectivity index (χ1) is 13.0. The van der Waals surface area contributed by atoms with Crippen LogP contribution in [0.1, 0.15) is 37.7 Å². The van der Waals surface area contributed by atoms with Crippen molar-refractivity contribution in [3.8, 4) is 6.07 Å². The second-order valence-corrected chi connectivity index (χ2v) is 6.54. The number of halogens is 2. The van der Waals surface area contributed by atoms with Crippen molar-refractivity contribution in [1.82, 2.24) is 10.2 Å². The molecule has 1 aliphatic heterocycles. The Labute approximate surface area is 170 Å². The molecule has 0 spiro atoms. The number of alkyl halides is 1. The van der Waals surface area contributed by atoms with Crippen molar-refractivity contribution in [2.24, 2.45) is 0 Å². The summed E-state index contributed by atoms with van der Waals surface area (Å²) in [6.45, 7) is 0.559. The number of unbranched alkanes of at least 4 members (excludes halogenated alkanes) is 2. The number of likely N-dealkylation sites (tertiary alicyclic amines) is 1. The molecule has 2 rings (SSSR count). The summed E-state index contributed by atoms with van der Waals surface area (Å²) in [6.07, 6.45) is 0.815. The number of nitrogens with zero attached hydrogens (tertiary/aromatic N) is 2. The molecule has 2 amide bonds. The standard InChI is InChI=1S/C19H25FN4O3.ClH/c20-15-10-16(11-21)24(12-15)18(25)8-2-1-5-9-23-19(26)27-13-14-6-3-4-7-17(14)22;/h3-4,6-7,15-16H,1-2,5,8-10,12-13,22H2,(H,23,26);1H/t15-,16-;/m0./s1. The number of anilines is 1. The van der Waals surface area contributed by atoms with E-state index in [-0.39, 0.29) is 44.3 Å². The van der Waals surface area contributed by atoms with Gasteiger partial charge in [-0.05, 0) is 18.9 Å². The number of nitrogens with one attached hydrogen (secondary N) is 1. The lowest BCUT2D eigenvalue weighted by atomic mass is 10.1. The molecular weight excluding hydrogens is 387 g/mol. The highest BCUT2D eigenvalue weighted by molar-refractivity contribution is 5.85. The van der Waals surface area contributed by atoms with Crippen LogP contribution in [0.4, 0.5) is 14.9 Å². The lowest BCUT2D eigenvalue weighted by Crippen LogP contribution is -2.34. The summed E-state index contributed by atoms with van der Waals surface area (Å²) in [7, 11) is 0. The molecule has 0 unspecified atom stereocenters. The molecular formula is C19H26ClFN4O3. The predicted octanol–water partition coefficient (Wildman–Crippen LogP) is 2.94. The van der Waals surface area contributed by atoms with Gasteiger partial charge in [-0.2, -0.15) is 5.26 Å². The van der Waals surface area contributed by atoms with Crippen molar-refractivity contribution in [2.45, 2.75) is 50.9 Å². The summed E-state index contributed by atoms with van der Waals surface area (Å²) in [5, 5.41) is 11.6. The second-order valence-electron chi connectivity index (χ2n) is 6.54. The number of nitrogens with two attached hydrogens (primary N) is 1. The van der Waals surface area contributed by atoms with Gasteiger partial charge in [-0.3, -0.25) is 4.79 Å². The first-order valence-electron chi connectivity index (χ1n) is 9.08. The van der Waals surface area contributed by atoms with E-state index in [4.69, 9.17) is 15.7 Å². The number of carbonyl (C=O) groups is 2. The van der Waals surface area contributed by atoms with E-state index in [2.05, 4.69) is 5.32 Å². The second kappa shape index (κ2) is 12.0.